The monoisotopic (exact) mass is 512 g/mol. The molecule has 11 heteroatoms. The molecule has 0 unspecified atom stereocenters. The minimum atomic E-state index is -0.958. The Kier molecular flexibility index (Phi) is 5.36. The van der Waals surface area contributed by atoms with E-state index in [0.29, 0.717) is 32.1 Å². The third-order valence-corrected chi connectivity index (χ3v) is 8.08. The number of amides is 2. The first-order chi connectivity index (χ1) is 17.7. The van der Waals surface area contributed by atoms with Gasteiger partial charge in [0.25, 0.3) is 11.8 Å². The first-order valence-electron chi connectivity index (χ1n) is 12.4. The molecule has 2 aromatic rings. The van der Waals surface area contributed by atoms with Gasteiger partial charge in [0.05, 0.1) is 6.04 Å². The summed E-state index contributed by atoms with van der Waals surface area (Å²) in [4.78, 5) is 49.2. The van der Waals surface area contributed by atoms with E-state index < -0.39 is 46.3 Å². The van der Waals surface area contributed by atoms with E-state index in [1.807, 2.05) is 6.92 Å². The van der Waals surface area contributed by atoms with Crippen LogP contribution in [0, 0.1) is 11.6 Å². The van der Waals surface area contributed by atoms with Gasteiger partial charge in [0, 0.05) is 55.6 Å². The average Bonchev–Trinajstić information content (AvgIpc) is 3.61. The zero-order valence-electron chi connectivity index (χ0n) is 20.2. The standard InChI is InChI=1S/C26H26F2N4O5/c1-14-6-7-26(8-9-29-37-26)20-13-30(14)25(36)21-23(34)22(33)18(12-32(20)21)24(35)31(17-4-5-17)11-15-2-3-16(27)10-19(15)28/h2-3,9-10,12,14,17,20,34H,4-8,11,13H2,1H3/t14-,20+,26-/m0/s1. The maximum Gasteiger partial charge on any atom is 0.274 e. The highest BCUT2D eigenvalue weighted by Crippen LogP contribution is 2.45. The third kappa shape index (κ3) is 3.70. The van der Waals surface area contributed by atoms with E-state index in [2.05, 4.69) is 5.16 Å². The molecule has 2 bridgehead atoms. The SMILES string of the molecule is C[C@H]1CC[C@]2(CC=NO2)[C@H]2CN1C(=O)c1c(O)c(=O)c(C(=O)N(Cc3ccc(F)cc3F)C3CC3)cn12. The highest BCUT2D eigenvalue weighted by Gasteiger charge is 2.53. The number of carbonyl (C=O) groups is 2. The minimum Gasteiger partial charge on any atom is -0.503 e. The summed E-state index contributed by atoms with van der Waals surface area (Å²) in [5.74, 6) is -3.48. The lowest BCUT2D eigenvalue weighted by Gasteiger charge is -2.41. The van der Waals surface area contributed by atoms with Gasteiger partial charge < -0.3 is 24.3 Å². The lowest BCUT2D eigenvalue weighted by molar-refractivity contribution is -0.0655. The predicted octanol–water partition coefficient (Wildman–Crippen LogP) is 2.96. The van der Waals surface area contributed by atoms with Crippen LogP contribution in [-0.2, 0) is 11.4 Å². The van der Waals surface area contributed by atoms with E-state index in [0.717, 1.165) is 12.1 Å². The number of rotatable bonds is 4. The number of oxime groups is 1. The molecule has 3 aliphatic heterocycles. The van der Waals surface area contributed by atoms with Gasteiger partial charge in [-0.3, -0.25) is 14.4 Å². The van der Waals surface area contributed by atoms with Crippen molar-refractivity contribution in [3.63, 3.8) is 0 Å². The summed E-state index contributed by atoms with van der Waals surface area (Å²) >= 11 is 0. The number of aromatic hydroxyl groups is 1. The van der Waals surface area contributed by atoms with E-state index >= 15 is 0 Å². The van der Waals surface area contributed by atoms with Crippen LogP contribution in [0.2, 0.25) is 0 Å². The Morgan fingerprint density at radius 2 is 2.05 bits per heavy atom. The van der Waals surface area contributed by atoms with Crippen LogP contribution in [0.3, 0.4) is 0 Å². The molecule has 0 radical (unpaired) electrons. The summed E-state index contributed by atoms with van der Waals surface area (Å²) in [5, 5.41) is 15.0. The average molecular weight is 513 g/mol. The van der Waals surface area contributed by atoms with Gasteiger partial charge in [-0.25, -0.2) is 8.78 Å². The molecule has 194 valence electrons. The summed E-state index contributed by atoms with van der Waals surface area (Å²) < 4.78 is 29.3. The summed E-state index contributed by atoms with van der Waals surface area (Å²) in [6.07, 6.45) is 6.07. The molecule has 1 saturated carbocycles. The number of hydrogen-bond acceptors (Lipinski definition) is 6. The fourth-order valence-electron chi connectivity index (χ4n) is 5.76. The fourth-order valence-corrected chi connectivity index (χ4v) is 5.76. The Morgan fingerprint density at radius 1 is 1.27 bits per heavy atom. The quantitative estimate of drug-likeness (QED) is 0.679. The molecule has 1 N–H and O–H groups in total. The zero-order valence-corrected chi connectivity index (χ0v) is 20.2. The van der Waals surface area contributed by atoms with Crippen molar-refractivity contribution in [3.8, 4) is 5.75 Å². The lowest BCUT2D eigenvalue weighted by Crippen LogP contribution is -2.52. The highest BCUT2D eigenvalue weighted by molar-refractivity contribution is 5.99. The largest absolute Gasteiger partial charge is 0.503 e. The van der Waals surface area contributed by atoms with Crippen molar-refractivity contribution in [3.05, 3.63) is 63.1 Å². The molecule has 4 heterocycles. The van der Waals surface area contributed by atoms with Crippen molar-refractivity contribution < 1.29 is 28.3 Å². The van der Waals surface area contributed by atoms with Gasteiger partial charge >= 0.3 is 0 Å². The molecule has 2 fully saturated rings. The molecule has 4 aliphatic rings. The Bertz CT molecular complexity index is 1390. The van der Waals surface area contributed by atoms with Gasteiger partial charge in [-0.2, -0.15) is 0 Å². The second-order valence-corrected chi connectivity index (χ2v) is 10.4. The van der Waals surface area contributed by atoms with Crippen LogP contribution in [0.25, 0.3) is 0 Å². The van der Waals surface area contributed by atoms with Gasteiger partial charge in [-0.1, -0.05) is 11.2 Å². The maximum absolute atomic E-state index is 14.4. The normalized spacial score (nSPS) is 26.1. The molecular weight excluding hydrogens is 486 g/mol. The Labute approximate surface area is 210 Å². The summed E-state index contributed by atoms with van der Waals surface area (Å²) in [5.41, 5.74) is -2.12. The molecule has 2 amide bonds. The Hall–Kier alpha value is -3.76. The number of pyridine rings is 1. The first kappa shape index (κ1) is 23.6. The molecule has 1 spiro atoms. The van der Waals surface area contributed by atoms with Gasteiger partial charge in [0.1, 0.15) is 17.2 Å². The van der Waals surface area contributed by atoms with Crippen LogP contribution in [0.4, 0.5) is 8.78 Å². The van der Waals surface area contributed by atoms with E-state index in [1.54, 1.807) is 11.1 Å². The molecule has 37 heavy (non-hydrogen) atoms. The van der Waals surface area contributed by atoms with Gasteiger partial charge in [0.15, 0.2) is 17.0 Å². The summed E-state index contributed by atoms with van der Waals surface area (Å²) in [6, 6.07) is 2.28. The van der Waals surface area contributed by atoms with Crippen LogP contribution < -0.4 is 5.43 Å². The van der Waals surface area contributed by atoms with Gasteiger partial charge in [-0.15, -0.1) is 0 Å². The molecular formula is C26H26F2N4O5. The number of hydrogen-bond donors (Lipinski definition) is 1. The van der Waals surface area contributed by atoms with Crippen LogP contribution in [0.1, 0.15) is 71.5 Å². The number of fused-ring (bicyclic) bond motifs is 5. The molecule has 1 aliphatic carbocycles. The van der Waals surface area contributed by atoms with Crippen LogP contribution >= 0.6 is 0 Å². The van der Waals surface area contributed by atoms with Gasteiger partial charge in [-0.05, 0) is 38.7 Å². The molecule has 6 rings (SSSR count). The second-order valence-electron chi connectivity index (χ2n) is 10.4. The van der Waals surface area contributed by atoms with Crippen molar-refractivity contribution in [2.45, 2.75) is 69.3 Å². The number of halogens is 2. The Morgan fingerprint density at radius 3 is 2.73 bits per heavy atom. The topological polar surface area (TPSA) is 104 Å². The molecule has 3 atom stereocenters. The van der Waals surface area contributed by atoms with Gasteiger partial charge in [0.2, 0.25) is 5.43 Å². The smallest absolute Gasteiger partial charge is 0.274 e. The van der Waals surface area contributed by atoms with E-state index in [9.17, 15) is 28.3 Å². The van der Waals surface area contributed by atoms with Crippen molar-refractivity contribution in [2.24, 2.45) is 5.16 Å². The third-order valence-electron chi connectivity index (χ3n) is 8.08. The predicted molar refractivity (Wildman–Crippen MR) is 127 cm³/mol. The van der Waals surface area contributed by atoms with Crippen molar-refractivity contribution >= 4 is 18.0 Å². The first-order valence-corrected chi connectivity index (χ1v) is 12.4. The number of benzene rings is 1. The van der Waals surface area contributed by atoms with Crippen molar-refractivity contribution in [1.29, 1.82) is 0 Å². The minimum absolute atomic E-state index is 0.114. The number of aromatic nitrogens is 1. The summed E-state index contributed by atoms with van der Waals surface area (Å²) in [6.45, 7) is 2.03. The van der Waals surface area contributed by atoms with Crippen LogP contribution in [0.5, 0.6) is 5.75 Å². The maximum atomic E-state index is 14.4. The molecule has 1 aromatic carbocycles. The second kappa shape index (κ2) is 8.39. The van der Waals surface area contributed by atoms with Crippen molar-refractivity contribution in [1.82, 2.24) is 14.4 Å². The van der Waals surface area contributed by atoms with Crippen LogP contribution in [-0.4, -0.2) is 61.7 Å². The summed E-state index contributed by atoms with van der Waals surface area (Å²) in [7, 11) is 0. The Balaban J connectivity index is 1.44. The van der Waals surface area contributed by atoms with Crippen molar-refractivity contribution in [2.75, 3.05) is 6.54 Å². The lowest BCUT2D eigenvalue weighted by atomic mass is 9.86. The molecule has 1 saturated heterocycles. The molecule has 9 nitrogen and oxygen atoms in total. The fraction of sp³-hybridized carbons (Fsp3) is 0.462. The van der Waals surface area contributed by atoms with E-state index in [-0.39, 0.29) is 42.0 Å². The number of nitrogens with zero attached hydrogens (tertiary/aromatic N) is 4. The van der Waals surface area contributed by atoms with Crippen LogP contribution in [0.15, 0.2) is 34.3 Å². The number of carbonyl (C=O) groups excluding carboxylic acids is 2. The van der Waals surface area contributed by atoms with E-state index in [1.165, 1.54) is 21.7 Å². The zero-order chi connectivity index (χ0) is 26.1. The molecule has 1 aromatic heterocycles. The van der Waals surface area contributed by atoms with E-state index in [4.69, 9.17) is 4.84 Å². The highest BCUT2D eigenvalue weighted by atomic mass is 19.1.